The second-order valence-corrected chi connectivity index (χ2v) is 8.02. The molecule has 2 aromatic rings. The lowest BCUT2D eigenvalue weighted by atomic mass is 10.0. The number of unbranched alkanes of at least 4 members (excludes halogenated alkanes) is 6. The Morgan fingerprint density at radius 3 is 2.15 bits per heavy atom. The van der Waals surface area contributed by atoms with Gasteiger partial charge in [0.2, 0.25) is 0 Å². The number of ether oxygens (including phenoxy) is 1. The molecular formula is C21H28O5S. The van der Waals surface area contributed by atoms with Crippen LogP contribution in [0.1, 0.15) is 57.4 Å². The van der Waals surface area contributed by atoms with Crippen LogP contribution in [0.15, 0.2) is 47.4 Å². The predicted octanol–water partition coefficient (Wildman–Crippen LogP) is 5.72. The summed E-state index contributed by atoms with van der Waals surface area (Å²) in [5.74, 6) is -0.0899. The average molecular weight is 393 g/mol. The molecule has 2 rings (SSSR count). The van der Waals surface area contributed by atoms with Gasteiger partial charge < -0.3 is 9.84 Å². The van der Waals surface area contributed by atoms with Crippen molar-refractivity contribution in [2.75, 3.05) is 0 Å². The summed E-state index contributed by atoms with van der Waals surface area (Å²) in [4.78, 5) is -0.457. The number of rotatable bonds is 11. The third-order valence-electron chi connectivity index (χ3n) is 4.45. The first-order valence-corrected chi connectivity index (χ1v) is 10.9. The highest BCUT2D eigenvalue weighted by Gasteiger charge is 2.24. The number of benzene rings is 2. The molecule has 0 saturated heterocycles. The summed E-state index contributed by atoms with van der Waals surface area (Å²) in [6.45, 7) is 2.18. The fourth-order valence-corrected chi connectivity index (χ4v) is 3.90. The zero-order chi connectivity index (χ0) is 19.7. The van der Waals surface area contributed by atoms with Gasteiger partial charge in [-0.3, -0.25) is 4.55 Å². The van der Waals surface area contributed by atoms with E-state index < -0.39 is 20.8 Å². The maximum absolute atomic E-state index is 11.8. The Bertz CT molecular complexity index is 816. The minimum absolute atomic E-state index is 0.00265. The quantitative estimate of drug-likeness (QED) is 0.377. The Hall–Kier alpha value is -2.05. The summed E-state index contributed by atoms with van der Waals surface area (Å²) >= 11 is 0. The van der Waals surface area contributed by atoms with Crippen LogP contribution in [0.3, 0.4) is 0 Å². The first-order valence-electron chi connectivity index (χ1n) is 9.48. The Morgan fingerprint density at radius 1 is 0.889 bits per heavy atom. The van der Waals surface area contributed by atoms with Gasteiger partial charge in [0.1, 0.15) is 10.6 Å². The molecule has 0 saturated carbocycles. The van der Waals surface area contributed by atoms with E-state index in [1.54, 1.807) is 30.3 Å². The molecule has 0 atom stereocenters. The predicted molar refractivity (Wildman–Crippen MR) is 106 cm³/mol. The van der Waals surface area contributed by atoms with Crippen molar-refractivity contribution < 1.29 is 22.8 Å². The van der Waals surface area contributed by atoms with E-state index in [0.29, 0.717) is 17.7 Å². The molecule has 0 aromatic heterocycles. The Morgan fingerprint density at radius 2 is 1.52 bits per heavy atom. The van der Waals surface area contributed by atoms with Gasteiger partial charge >= 0.3 is 0 Å². The van der Waals surface area contributed by atoms with Crippen LogP contribution in [0.5, 0.6) is 17.2 Å². The molecule has 0 bridgehead atoms. The van der Waals surface area contributed by atoms with Gasteiger partial charge in [-0.15, -0.1) is 0 Å². The lowest BCUT2D eigenvalue weighted by molar-refractivity contribution is 0.394. The Kier molecular flexibility index (Phi) is 8.13. The molecule has 0 aliphatic heterocycles. The van der Waals surface area contributed by atoms with Crippen LogP contribution in [-0.2, 0) is 16.5 Å². The summed E-state index contributed by atoms with van der Waals surface area (Å²) in [6, 6.07) is 11.9. The van der Waals surface area contributed by atoms with Crippen LogP contribution < -0.4 is 4.74 Å². The smallest absolute Gasteiger partial charge is 0.298 e. The minimum Gasteiger partial charge on any atom is -0.503 e. The zero-order valence-electron chi connectivity index (χ0n) is 15.7. The molecule has 0 aliphatic rings. The SMILES string of the molecule is CCCCCCCCCc1ccc(Oc2ccccc2)c(O)c1S(=O)(=O)O. The minimum atomic E-state index is -4.56. The van der Waals surface area contributed by atoms with E-state index in [9.17, 15) is 18.1 Å². The van der Waals surface area contributed by atoms with Crippen molar-refractivity contribution >= 4 is 10.1 Å². The van der Waals surface area contributed by atoms with Crippen molar-refractivity contribution in [3.05, 3.63) is 48.0 Å². The fraction of sp³-hybridized carbons (Fsp3) is 0.429. The maximum atomic E-state index is 11.8. The molecule has 148 valence electrons. The number of phenolic OH excluding ortho intramolecular Hbond substituents is 1. The topological polar surface area (TPSA) is 83.8 Å². The molecule has 0 radical (unpaired) electrons. The largest absolute Gasteiger partial charge is 0.503 e. The van der Waals surface area contributed by atoms with Crippen LogP contribution >= 0.6 is 0 Å². The number of para-hydroxylation sites is 1. The van der Waals surface area contributed by atoms with Crippen molar-refractivity contribution in [3.8, 4) is 17.2 Å². The molecule has 0 heterocycles. The van der Waals surface area contributed by atoms with Gasteiger partial charge in [0.25, 0.3) is 10.1 Å². The van der Waals surface area contributed by atoms with E-state index in [-0.39, 0.29) is 5.75 Å². The van der Waals surface area contributed by atoms with Crippen molar-refractivity contribution in [1.82, 2.24) is 0 Å². The molecule has 6 heteroatoms. The number of phenols is 1. The maximum Gasteiger partial charge on any atom is 0.298 e. The molecule has 0 aliphatic carbocycles. The second-order valence-electron chi connectivity index (χ2n) is 6.66. The Balaban J connectivity index is 2.10. The van der Waals surface area contributed by atoms with E-state index >= 15 is 0 Å². The molecule has 2 aromatic carbocycles. The average Bonchev–Trinajstić information content (AvgIpc) is 2.63. The van der Waals surface area contributed by atoms with Crippen LogP contribution in [0.2, 0.25) is 0 Å². The standard InChI is InChI=1S/C21H28O5S/c1-2-3-4-5-6-7-9-12-17-15-16-19(20(22)21(17)27(23,24)25)26-18-13-10-8-11-14-18/h8,10-11,13-16,22H,2-7,9,12H2,1H3,(H,23,24,25). The van der Waals surface area contributed by atoms with Gasteiger partial charge in [0, 0.05) is 0 Å². The molecule has 27 heavy (non-hydrogen) atoms. The van der Waals surface area contributed by atoms with Crippen LogP contribution in [0.25, 0.3) is 0 Å². The highest BCUT2D eigenvalue weighted by molar-refractivity contribution is 7.86. The highest BCUT2D eigenvalue weighted by Crippen LogP contribution is 2.38. The zero-order valence-corrected chi connectivity index (χ0v) is 16.5. The third kappa shape index (κ3) is 6.56. The molecular weight excluding hydrogens is 364 g/mol. The fourth-order valence-electron chi connectivity index (χ4n) is 3.05. The number of hydrogen-bond donors (Lipinski definition) is 2. The molecule has 5 nitrogen and oxygen atoms in total. The number of aryl methyl sites for hydroxylation is 1. The van der Waals surface area contributed by atoms with Crippen molar-refractivity contribution in [3.63, 3.8) is 0 Å². The monoisotopic (exact) mass is 392 g/mol. The van der Waals surface area contributed by atoms with E-state index in [2.05, 4.69) is 6.92 Å². The molecule has 0 unspecified atom stereocenters. The first-order chi connectivity index (χ1) is 12.9. The molecule has 2 N–H and O–H groups in total. The summed E-state index contributed by atoms with van der Waals surface area (Å²) in [7, 11) is -4.56. The summed E-state index contributed by atoms with van der Waals surface area (Å²) in [5.41, 5.74) is 0.406. The lowest BCUT2D eigenvalue weighted by Gasteiger charge is -2.13. The number of aromatic hydroxyl groups is 1. The summed E-state index contributed by atoms with van der Waals surface area (Å²) in [5, 5.41) is 10.4. The highest BCUT2D eigenvalue weighted by atomic mass is 32.2. The second kappa shape index (κ2) is 10.3. The van der Waals surface area contributed by atoms with Gasteiger partial charge in [-0.1, -0.05) is 69.7 Å². The van der Waals surface area contributed by atoms with E-state index in [0.717, 1.165) is 19.3 Å². The van der Waals surface area contributed by atoms with Crippen molar-refractivity contribution in [2.24, 2.45) is 0 Å². The number of hydrogen-bond acceptors (Lipinski definition) is 4. The van der Waals surface area contributed by atoms with E-state index in [1.165, 1.54) is 31.7 Å². The van der Waals surface area contributed by atoms with Crippen molar-refractivity contribution in [2.45, 2.75) is 63.2 Å². The van der Waals surface area contributed by atoms with Gasteiger partial charge in [0.05, 0.1) is 0 Å². The van der Waals surface area contributed by atoms with E-state index in [1.807, 2.05) is 6.07 Å². The van der Waals surface area contributed by atoms with Gasteiger partial charge in [0.15, 0.2) is 11.5 Å². The van der Waals surface area contributed by atoms with Gasteiger partial charge in [-0.05, 0) is 36.6 Å². The van der Waals surface area contributed by atoms with Crippen LogP contribution in [0.4, 0.5) is 0 Å². The van der Waals surface area contributed by atoms with Crippen LogP contribution in [0, 0.1) is 0 Å². The first kappa shape index (κ1) is 21.3. The molecule has 0 amide bonds. The Labute approximate surface area is 161 Å². The molecule has 0 fully saturated rings. The van der Waals surface area contributed by atoms with Gasteiger partial charge in [-0.2, -0.15) is 8.42 Å². The summed E-state index contributed by atoms with van der Waals surface area (Å²) < 4.78 is 38.8. The van der Waals surface area contributed by atoms with Crippen LogP contribution in [-0.4, -0.2) is 18.1 Å². The molecule has 0 spiro atoms. The van der Waals surface area contributed by atoms with Gasteiger partial charge in [-0.25, -0.2) is 0 Å². The van der Waals surface area contributed by atoms with Crippen molar-refractivity contribution in [1.29, 1.82) is 0 Å². The third-order valence-corrected chi connectivity index (χ3v) is 5.43. The normalized spacial score (nSPS) is 11.5. The lowest BCUT2D eigenvalue weighted by Crippen LogP contribution is -2.05. The van der Waals surface area contributed by atoms with E-state index in [4.69, 9.17) is 4.74 Å². The summed E-state index contributed by atoms with van der Waals surface area (Å²) in [6.07, 6.45) is 8.19.